The fourth-order valence-electron chi connectivity index (χ4n) is 2.41. The van der Waals surface area contributed by atoms with E-state index in [-0.39, 0.29) is 17.3 Å². The number of aryl methyl sites for hydroxylation is 1. The lowest BCUT2D eigenvalue weighted by Crippen LogP contribution is -2.32. The Labute approximate surface area is 125 Å². The summed E-state index contributed by atoms with van der Waals surface area (Å²) in [6, 6.07) is 5.60. The van der Waals surface area contributed by atoms with E-state index in [1.165, 1.54) is 4.90 Å². The Morgan fingerprint density at radius 2 is 2.10 bits per heavy atom. The lowest BCUT2D eigenvalue weighted by atomic mass is 10.2. The van der Waals surface area contributed by atoms with Gasteiger partial charge in [0, 0.05) is 36.1 Å². The van der Waals surface area contributed by atoms with Gasteiger partial charge in [0.15, 0.2) is 0 Å². The lowest BCUT2D eigenvalue weighted by Gasteiger charge is -2.18. The van der Waals surface area contributed by atoms with Gasteiger partial charge in [-0.2, -0.15) is 0 Å². The van der Waals surface area contributed by atoms with Gasteiger partial charge in [0.25, 0.3) is 0 Å². The summed E-state index contributed by atoms with van der Waals surface area (Å²) in [7, 11) is 3.57. The summed E-state index contributed by atoms with van der Waals surface area (Å²) in [5.74, 6) is 0.138. The molecule has 1 aliphatic carbocycles. The van der Waals surface area contributed by atoms with Crippen LogP contribution >= 0.6 is 15.9 Å². The molecule has 0 aliphatic heterocycles. The number of carbonyl (C=O) groups is 1. The Bertz CT molecular complexity index is 762. The monoisotopic (exact) mass is 334 g/mol. The average molecular weight is 335 g/mol. The van der Waals surface area contributed by atoms with Gasteiger partial charge < -0.3 is 9.47 Å². The van der Waals surface area contributed by atoms with Crippen molar-refractivity contribution < 1.29 is 4.79 Å². The van der Waals surface area contributed by atoms with Crippen LogP contribution in [0, 0.1) is 5.92 Å². The van der Waals surface area contributed by atoms with Crippen molar-refractivity contribution in [1.82, 2.24) is 4.57 Å². The third-order valence-corrected chi connectivity index (χ3v) is 4.24. The number of anilines is 1. The van der Waals surface area contributed by atoms with Crippen LogP contribution in [0.25, 0.3) is 10.9 Å². The smallest absolute Gasteiger partial charge is 0.229 e. The molecule has 1 aromatic carbocycles. The van der Waals surface area contributed by atoms with Gasteiger partial charge in [0.2, 0.25) is 11.3 Å². The normalized spacial score (nSPS) is 14.6. The molecule has 1 aromatic heterocycles. The van der Waals surface area contributed by atoms with E-state index < -0.39 is 0 Å². The molecule has 0 spiro atoms. The molecule has 0 unspecified atom stereocenters. The number of hydrogen-bond acceptors (Lipinski definition) is 2. The highest BCUT2D eigenvalue weighted by molar-refractivity contribution is 9.10. The molecule has 5 heteroatoms. The van der Waals surface area contributed by atoms with E-state index in [0.717, 1.165) is 22.8 Å². The Balaban J connectivity index is 2.18. The predicted octanol–water partition coefficient (Wildman–Crippen LogP) is 2.67. The molecule has 2 aromatic rings. The van der Waals surface area contributed by atoms with E-state index in [2.05, 4.69) is 15.9 Å². The number of aromatic nitrogens is 1. The fourth-order valence-corrected chi connectivity index (χ4v) is 2.77. The van der Waals surface area contributed by atoms with E-state index in [0.29, 0.717) is 11.1 Å². The minimum absolute atomic E-state index is 0.0384. The Morgan fingerprint density at radius 1 is 1.40 bits per heavy atom. The molecular weight excluding hydrogens is 320 g/mol. The van der Waals surface area contributed by atoms with Gasteiger partial charge >= 0.3 is 0 Å². The lowest BCUT2D eigenvalue weighted by molar-refractivity contribution is -0.119. The molecule has 20 heavy (non-hydrogen) atoms. The van der Waals surface area contributed by atoms with Gasteiger partial charge in [-0.1, -0.05) is 15.9 Å². The number of benzene rings is 1. The number of nitrogens with zero attached hydrogens (tertiary/aromatic N) is 2. The first-order valence-corrected chi connectivity index (χ1v) is 7.35. The van der Waals surface area contributed by atoms with Crippen LogP contribution in [0.1, 0.15) is 12.8 Å². The zero-order chi connectivity index (χ0) is 14.4. The van der Waals surface area contributed by atoms with Crippen molar-refractivity contribution in [3.05, 3.63) is 39.1 Å². The topological polar surface area (TPSA) is 42.3 Å². The van der Waals surface area contributed by atoms with Crippen molar-refractivity contribution in [3.63, 3.8) is 0 Å². The molecule has 4 nitrogen and oxygen atoms in total. The molecule has 1 amide bonds. The predicted molar refractivity (Wildman–Crippen MR) is 83.0 cm³/mol. The highest BCUT2D eigenvalue weighted by atomic mass is 79.9. The van der Waals surface area contributed by atoms with Crippen LogP contribution in [0.15, 0.2) is 33.7 Å². The number of halogens is 1. The van der Waals surface area contributed by atoms with Crippen molar-refractivity contribution in [2.24, 2.45) is 13.0 Å². The number of amides is 1. The van der Waals surface area contributed by atoms with Crippen LogP contribution in [0.5, 0.6) is 0 Å². The molecule has 0 radical (unpaired) electrons. The first-order chi connectivity index (χ1) is 9.49. The van der Waals surface area contributed by atoms with E-state index in [9.17, 15) is 9.59 Å². The third kappa shape index (κ3) is 2.16. The highest BCUT2D eigenvalue weighted by Crippen LogP contribution is 2.32. The summed E-state index contributed by atoms with van der Waals surface area (Å²) in [5, 5.41) is 0.620. The van der Waals surface area contributed by atoms with Gasteiger partial charge in [0.05, 0.1) is 5.52 Å². The largest absolute Gasteiger partial charge is 0.348 e. The van der Waals surface area contributed by atoms with Crippen LogP contribution in [0.3, 0.4) is 0 Å². The maximum atomic E-state index is 12.6. The Hall–Kier alpha value is -1.62. The second-order valence-electron chi connectivity index (χ2n) is 5.29. The standard InChI is InChI=1S/C15H15BrN2O2/c1-17-8-13(18(2)15(20)9-3-4-9)14(19)11-7-10(16)5-6-12(11)17/h5-9H,3-4H2,1-2H3. The zero-order valence-electron chi connectivity index (χ0n) is 11.4. The van der Waals surface area contributed by atoms with Crippen molar-refractivity contribution in [2.75, 3.05) is 11.9 Å². The van der Waals surface area contributed by atoms with Crippen LogP contribution < -0.4 is 10.3 Å². The fraction of sp³-hybridized carbons (Fsp3) is 0.333. The molecule has 0 bridgehead atoms. The summed E-state index contributed by atoms with van der Waals surface area (Å²) in [5.41, 5.74) is 1.19. The molecule has 1 saturated carbocycles. The van der Waals surface area contributed by atoms with Crippen LogP contribution in [0.2, 0.25) is 0 Å². The molecule has 104 valence electrons. The van der Waals surface area contributed by atoms with Gasteiger partial charge in [0.1, 0.15) is 5.69 Å². The van der Waals surface area contributed by atoms with Gasteiger partial charge in [-0.3, -0.25) is 9.59 Å². The molecule has 3 rings (SSSR count). The van der Waals surface area contributed by atoms with Crippen molar-refractivity contribution in [2.45, 2.75) is 12.8 Å². The summed E-state index contributed by atoms with van der Waals surface area (Å²) < 4.78 is 2.74. The number of fused-ring (bicyclic) bond motifs is 1. The van der Waals surface area contributed by atoms with E-state index in [4.69, 9.17) is 0 Å². The summed E-state index contributed by atoms with van der Waals surface area (Å²) in [4.78, 5) is 26.2. The van der Waals surface area contributed by atoms with Crippen LogP contribution in [-0.4, -0.2) is 17.5 Å². The maximum Gasteiger partial charge on any atom is 0.229 e. The first kappa shape index (κ1) is 13.4. The van der Waals surface area contributed by atoms with Gasteiger partial charge in [-0.05, 0) is 31.0 Å². The molecule has 1 fully saturated rings. The summed E-state index contributed by atoms with van der Waals surface area (Å²) >= 11 is 3.39. The molecular formula is C15H15BrN2O2. The molecule has 1 aliphatic rings. The highest BCUT2D eigenvalue weighted by Gasteiger charge is 2.33. The quantitative estimate of drug-likeness (QED) is 0.847. The molecule has 0 saturated heterocycles. The van der Waals surface area contributed by atoms with Crippen LogP contribution in [0.4, 0.5) is 5.69 Å². The number of pyridine rings is 1. The second-order valence-corrected chi connectivity index (χ2v) is 6.20. The third-order valence-electron chi connectivity index (χ3n) is 3.75. The maximum absolute atomic E-state index is 12.6. The number of hydrogen-bond donors (Lipinski definition) is 0. The molecule has 0 atom stereocenters. The van der Waals surface area contributed by atoms with Crippen LogP contribution in [-0.2, 0) is 11.8 Å². The number of rotatable bonds is 2. The Morgan fingerprint density at radius 3 is 2.75 bits per heavy atom. The molecule has 0 N–H and O–H groups in total. The zero-order valence-corrected chi connectivity index (χ0v) is 13.0. The van der Waals surface area contributed by atoms with Gasteiger partial charge in [-0.15, -0.1) is 0 Å². The van der Waals surface area contributed by atoms with Gasteiger partial charge in [-0.25, -0.2) is 0 Å². The van der Waals surface area contributed by atoms with Crippen molar-refractivity contribution >= 4 is 38.4 Å². The second kappa shape index (κ2) is 4.74. The minimum Gasteiger partial charge on any atom is -0.348 e. The van der Waals surface area contributed by atoms with E-state index in [1.807, 2.05) is 23.7 Å². The SMILES string of the molecule is CN(C(=O)C1CC1)c1cn(C)c2ccc(Br)cc2c1=O. The molecule has 1 heterocycles. The Kier molecular flexibility index (Phi) is 3.17. The van der Waals surface area contributed by atoms with Crippen molar-refractivity contribution in [3.8, 4) is 0 Å². The van der Waals surface area contributed by atoms with Crippen molar-refractivity contribution in [1.29, 1.82) is 0 Å². The summed E-state index contributed by atoms with van der Waals surface area (Å²) in [6.07, 6.45) is 3.60. The van der Waals surface area contributed by atoms with E-state index >= 15 is 0 Å². The summed E-state index contributed by atoms with van der Waals surface area (Å²) in [6.45, 7) is 0. The first-order valence-electron chi connectivity index (χ1n) is 6.55. The minimum atomic E-state index is -0.101. The number of carbonyl (C=O) groups excluding carboxylic acids is 1. The van der Waals surface area contributed by atoms with E-state index in [1.54, 1.807) is 19.3 Å². The average Bonchev–Trinajstić information content (AvgIpc) is 3.25.